The van der Waals surface area contributed by atoms with Crippen molar-refractivity contribution in [2.45, 2.75) is 110 Å². The monoisotopic (exact) mass is 528 g/mol. The summed E-state index contributed by atoms with van der Waals surface area (Å²) in [6, 6.07) is 18.2. The van der Waals surface area contributed by atoms with E-state index < -0.39 is 5.63 Å². The minimum atomic E-state index is -0.480. The molecule has 0 aliphatic rings. The minimum Gasteiger partial charge on any atom is -0.419 e. The number of halogens is 1. The highest BCUT2D eigenvalue weighted by molar-refractivity contribution is 6.05. The van der Waals surface area contributed by atoms with Gasteiger partial charge in [0.15, 0.2) is 11.4 Å². The zero-order valence-electron chi connectivity index (χ0n) is 24.0. The maximum absolute atomic E-state index is 15.4. The third kappa shape index (κ3) is 7.81. The summed E-state index contributed by atoms with van der Waals surface area (Å²) in [7, 11) is 0. The molecular weight excluding hydrogens is 483 g/mol. The SMILES string of the molecule is CCCCCCCCCCc1ccc2c(oc(=O)c3cc(-c4ccc(CCCCCCC)cc4)ccc32)c1F. The lowest BCUT2D eigenvalue weighted by molar-refractivity contribution is 0.520. The summed E-state index contributed by atoms with van der Waals surface area (Å²) >= 11 is 0. The lowest BCUT2D eigenvalue weighted by Crippen LogP contribution is -2.03. The highest BCUT2D eigenvalue weighted by Crippen LogP contribution is 2.31. The van der Waals surface area contributed by atoms with Crippen LogP contribution in [-0.2, 0) is 12.8 Å². The number of hydrogen-bond donors (Lipinski definition) is 0. The van der Waals surface area contributed by atoms with Crippen molar-refractivity contribution < 1.29 is 8.81 Å². The van der Waals surface area contributed by atoms with Gasteiger partial charge in [0, 0.05) is 10.8 Å². The molecular formula is C36H45FO2. The molecule has 208 valence electrons. The predicted octanol–water partition coefficient (Wildman–Crippen LogP) is 10.9. The molecule has 0 atom stereocenters. The maximum atomic E-state index is 15.4. The summed E-state index contributed by atoms with van der Waals surface area (Å²) in [5.41, 5.74) is 3.62. The number of rotatable bonds is 16. The van der Waals surface area contributed by atoms with Gasteiger partial charge in [0.1, 0.15) is 0 Å². The average Bonchev–Trinajstić information content (AvgIpc) is 2.96. The molecule has 0 N–H and O–H groups in total. The van der Waals surface area contributed by atoms with Gasteiger partial charge < -0.3 is 4.42 Å². The predicted molar refractivity (Wildman–Crippen MR) is 164 cm³/mol. The first-order valence-corrected chi connectivity index (χ1v) is 15.4. The smallest absolute Gasteiger partial charge is 0.344 e. The zero-order chi connectivity index (χ0) is 27.5. The van der Waals surface area contributed by atoms with Crippen LogP contribution in [0.2, 0.25) is 0 Å². The Hall–Kier alpha value is -2.94. The van der Waals surface area contributed by atoms with E-state index in [1.807, 2.05) is 30.3 Å². The molecule has 4 rings (SSSR count). The fraction of sp³-hybridized carbons (Fsp3) is 0.472. The Bertz CT molecular complexity index is 1380. The van der Waals surface area contributed by atoms with Gasteiger partial charge >= 0.3 is 5.63 Å². The van der Waals surface area contributed by atoms with Gasteiger partial charge in [-0.25, -0.2) is 9.18 Å². The molecule has 1 aromatic heterocycles. The molecule has 0 saturated heterocycles. The largest absolute Gasteiger partial charge is 0.419 e. The van der Waals surface area contributed by atoms with Gasteiger partial charge in [-0.2, -0.15) is 0 Å². The van der Waals surface area contributed by atoms with Gasteiger partial charge in [0.25, 0.3) is 0 Å². The second kappa shape index (κ2) is 15.0. The van der Waals surface area contributed by atoms with Crippen LogP contribution in [0.5, 0.6) is 0 Å². The standard InChI is InChI=1S/C36H45FO2/c1-3-5-7-9-10-11-13-15-17-29-22-25-32-31-24-23-30(26-33(31)36(38)39-35(32)34(29)37)28-20-18-27(19-21-28)16-14-12-8-6-4-2/h18-26H,3-17H2,1-2H3. The second-order valence-electron chi connectivity index (χ2n) is 11.2. The first-order chi connectivity index (χ1) is 19.1. The number of hydrogen-bond acceptors (Lipinski definition) is 2. The zero-order valence-corrected chi connectivity index (χ0v) is 24.0. The van der Waals surface area contributed by atoms with E-state index in [2.05, 4.69) is 38.1 Å². The Morgan fingerprint density at radius 3 is 1.82 bits per heavy atom. The fourth-order valence-corrected chi connectivity index (χ4v) is 5.62. The van der Waals surface area contributed by atoms with E-state index in [1.54, 1.807) is 0 Å². The summed E-state index contributed by atoms with van der Waals surface area (Å²) in [4.78, 5) is 13.0. The third-order valence-electron chi connectivity index (χ3n) is 8.06. The second-order valence-corrected chi connectivity index (χ2v) is 11.2. The summed E-state index contributed by atoms with van der Waals surface area (Å²) in [5.74, 6) is -0.385. The van der Waals surface area contributed by atoms with Crippen molar-refractivity contribution in [3.63, 3.8) is 0 Å². The quantitative estimate of drug-likeness (QED) is 0.0822. The molecule has 0 aliphatic carbocycles. The van der Waals surface area contributed by atoms with Crippen molar-refractivity contribution in [2.24, 2.45) is 0 Å². The van der Waals surface area contributed by atoms with Crippen molar-refractivity contribution in [3.8, 4) is 11.1 Å². The van der Waals surface area contributed by atoms with Gasteiger partial charge in [-0.3, -0.25) is 0 Å². The van der Waals surface area contributed by atoms with Crippen LogP contribution in [0.3, 0.4) is 0 Å². The molecule has 4 aromatic rings. The lowest BCUT2D eigenvalue weighted by atomic mass is 9.97. The molecule has 0 bridgehead atoms. The van der Waals surface area contributed by atoms with Gasteiger partial charge in [-0.05, 0) is 54.0 Å². The first kappa shape index (κ1) is 29.1. The van der Waals surface area contributed by atoms with Crippen LogP contribution in [0.4, 0.5) is 4.39 Å². The highest BCUT2D eigenvalue weighted by Gasteiger charge is 2.15. The van der Waals surface area contributed by atoms with E-state index >= 15 is 4.39 Å². The number of fused-ring (bicyclic) bond motifs is 3. The van der Waals surface area contributed by atoms with E-state index in [4.69, 9.17) is 4.42 Å². The van der Waals surface area contributed by atoms with E-state index in [0.717, 1.165) is 35.8 Å². The van der Waals surface area contributed by atoms with Crippen LogP contribution >= 0.6 is 0 Å². The molecule has 3 aromatic carbocycles. The summed E-state index contributed by atoms with van der Waals surface area (Å²) in [6.07, 6.45) is 17.9. The minimum absolute atomic E-state index is 0.0839. The number of aryl methyl sites for hydroxylation is 2. The Balaban J connectivity index is 1.44. The average molecular weight is 529 g/mol. The first-order valence-electron chi connectivity index (χ1n) is 15.4. The van der Waals surface area contributed by atoms with Crippen molar-refractivity contribution >= 4 is 21.7 Å². The molecule has 0 radical (unpaired) electrons. The molecule has 0 spiro atoms. The molecule has 0 saturated carbocycles. The van der Waals surface area contributed by atoms with E-state index in [-0.39, 0.29) is 11.4 Å². The van der Waals surface area contributed by atoms with Crippen LogP contribution in [0, 0.1) is 5.82 Å². The highest BCUT2D eigenvalue weighted by atomic mass is 19.1. The van der Waals surface area contributed by atoms with E-state index in [1.165, 1.54) is 76.2 Å². The normalized spacial score (nSPS) is 11.6. The fourth-order valence-electron chi connectivity index (χ4n) is 5.62. The van der Waals surface area contributed by atoms with Crippen LogP contribution in [-0.4, -0.2) is 0 Å². The molecule has 0 amide bonds. The van der Waals surface area contributed by atoms with Crippen molar-refractivity contribution in [1.29, 1.82) is 0 Å². The van der Waals surface area contributed by atoms with Crippen molar-refractivity contribution in [2.75, 3.05) is 0 Å². The van der Waals surface area contributed by atoms with Crippen LogP contribution in [0.1, 0.15) is 108 Å². The lowest BCUT2D eigenvalue weighted by Gasteiger charge is -2.10. The topological polar surface area (TPSA) is 30.2 Å². The van der Waals surface area contributed by atoms with Crippen LogP contribution in [0.15, 0.2) is 63.8 Å². The van der Waals surface area contributed by atoms with Crippen molar-refractivity contribution in [1.82, 2.24) is 0 Å². The molecule has 3 heteroatoms. The Morgan fingerprint density at radius 2 is 1.15 bits per heavy atom. The molecule has 1 heterocycles. The molecule has 2 nitrogen and oxygen atoms in total. The Morgan fingerprint density at radius 1 is 0.590 bits per heavy atom. The molecule has 0 fully saturated rings. The van der Waals surface area contributed by atoms with Crippen LogP contribution < -0.4 is 5.63 Å². The third-order valence-corrected chi connectivity index (χ3v) is 8.06. The summed E-state index contributed by atoms with van der Waals surface area (Å²) in [6.45, 7) is 4.47. The van der Waals surface area contributed by atoms with Gasteiger partial charge in [-0.15, -0.1) is 0 Å². The van der Waals surface area contributed by atoms with Crippen LogP contribution in [0.25, 0.3) is 32.9 Å². The van der Waals surface area contributed by atoms with E-state index in [9.17, 15) is 4.79 Å². The van der Waals surface area contributed by atoms with E-state index in [0.29, 0.717) is 22.8 Å². The Labute approximate surface area is 233 Å². The van der Waals surface area contributed by atoms with Gasteiger partial charge in [-0.1, -0.05) is 133 Å². The summed E-state index contributed by atoms with van der Waals surface area (Å²) < 4.78 is 21.0. The number of unbranched alkanes of at least 4 members (excludes halogenated alkanes) is 11. The number of benzene rings is 3. The molecule has 39 heavy (non-hydrogen) atoms. The van der Waals surface area contributed by atoms with Gasteiger partial charge in [0.05, 0.1) is 5.39 Å². The van der Waals surface area contributed by atoms with Crippen molar-refractivity contribution in [3.05, 3.63) is 82.0 Å². The molecule has 0 aliphatic heterocycles. The summed E-state index contributed by atoms with van der Waals surface area (Å²) in [5, 5.41) is 1.90. The maximum Gasteiger partial charge on any atom is 0.344 e. The van der Waals surface area contributed by atoms with Gasteiger partial charge in [0.2, 0.25) is 0 Å². The molecule has 0 unspecified atom stereocenters. The Kier molecular flexibility index (Phi) is 11.2.